The van der Waals surface area contributed by atoms with Crippen molar-refractivity contribution in [3.63, 3.8) is 0 Å². The SMILES string of the molecule is CC(c1ccn2ccnc2c1)N1CCN(c2ncc(C(F)(F)F)cn2)CC1. The van der Waals surface area contributed by atoms with Gasteiger partial charge in [0.05, 0.1) is 5.56 Å². The molecule has 0 spiro atoms. The van der Waals surface area contributed by atoms with Crippen LogP contribution in [0, 0.1) is 0 Å². The van der Waals surface area contributed by atoms with Gasteiger partial charge in [0.15, 0.2) is 0 Å². The van der Waals surface area contributed by atoms with Gasteiger partial charge in [-0.25, -0.2) is 15.0 Å². The van der Waals surface area contributed by atoms with Gasteiger partial charge in [0, 0.05) is 63.2 Å². The van der Waals surface area contributed by atoms with Crippen LogP contribution in [-0.4, -0.2) is 50.4 Å². The summed E-state index contributed by atoms with van der Waals surface area (Å²) in [6.45, 7) is 5.05. The second-order valence-corrected chi connectivity index (χ2v) is 6.62. The molecule has 27 heavy (non-hydrogen) atoms. The van der Waals surface area contributed by atoms with Crippen molar-refractivity contribution in [2.45, 2.75) is 19.1 Å². The standard InChI is InChI=1S/C18H19F3N6/c1-13(14-2-4-26-5-3-22-16(26)10-14)25-6-8-27(9-7-25)17-23-11-15(12-24-17)18(19,20)21/h2-5,10-13H,6-9H2,1H3. The highest BCUT2D eigenvalue weighted by molar-refractivity contribution is 5.42. The van der Waals surface area contributed by atoms with Crippen molar-refractivity contribution in [2.75, 3.05) is 31.1 Å². The maximum atomic E-state index is 12.6. The van der Waals surface area contributed by atoms with E-state index in [1.54, 1.807) is 6.20 Å². The summed E-state index contributed by atoms with van der Waals surface area (Å²) in [6.07, 6.45) is 2.95. The molecule has 1 fully saturated rings. The van der Waals surface area contributed by atoms with Gasteiger partial charge in [0.2, 0.25) is 5.95 Å². The predicted molar refractivity (Wildman–Crippen MR) is 94.4 cm³/mol. The van der Waals surface area contributed by atoms with E-state index in [1.807, 2.05) is 21.7 Å². The average Bonchev–Trinajstić information content (AvgIpc) is 3.15. The van der Waals surface area contributed by atoms with Gasteiger partial charge in [-0.1, -0.05) is 0 Å². The van der Waals surface area contributed by atoms with E-state index in [2.05, 4.69) is 38.9 Å². The minimum atomic E-state index is -4.41. The number of fused-ring (bicyclic) bond motifs is 1. The Bertz CT molecular complexity index is 913. The molecule has 0 aliphatic carbocycles. The van der Waals surface area contributed by atoms with Crippen molar-refractivity contribution in [3.8, 4) is 0 Å². The van der Waals surface area contributed by atoms with Crippen molar-refractivity contribution in [3.05, 3.63) is 54.2 Å². The van der Waals surface area contributed by atoms with E-state index in [9.17, 15) is 13.2 Å². The van der Waals surface area contributed by atoms with E-state index < -0.39 is 11.7 Å². The number of piperazine rings is 1. The number of anilines is 1. The molecule has 0 amide bonds. The van der Waals surface area contributed by atoms with Crippen LogP contribution in [0.25, 0.3) is 5.65 Å². The zero-order valence-electron chi connectivity index (χ0n) is 14.8. The maximum absolute atomic E-state index is 12.6. The molecule has 1 atom stereocenters. The van der Waals surface area contributed by atoms with E-state index >= 15 is 0 Å². The van der Waals surface area contributed by atoms with Gasteiger partial charge >= 0.3 is 6.18 Å². The summed E-state index contributed by atoms with van der Waals surface area (Å²) in [6, 6.07) is 4.39. The van der Waals surface area contributed by atoms with Crippen molar-refractivity contribution in [1.29, 1.82) is 0 Å². The molecular weight excluding hydrogens is 357 g/mol. The topological polar surface area (TPSA) is 49.6 Å². The van der Waals surface area contributed by atoms with Gasteiger partial charge < -0.3 is 9.30 Å². The monoisotopic (exact) mass is 376 g/mol. The van der Waals surface area contributed by atoms with Crippen LogP contribution in [0.1, 0.15) is 24.1 Å². The number of nitrogens with zero attached hydrogens (tertiary/aromatic N) is 6. The lowest BCUT2D eigenvalue weighted by Gasteiger charge is -2.38. The van der Waals surface area contributed by atoms with E-state index in [4.69, 9.17) is 0 Å². The summed E-state index contributed by atoms with van der Waals surface area (Å²) in [4.78, 5) is 16.4. The Morgan fingerprint density at radius 1 is 1.00 bits per heavy atom. The van der Waals surface area contributed by atoms with E-state index in [-0.39, 0.29) is 6.04 Å². The third kappa shape index (κ3) is 3.59. The van der Waals surface area contributed by atoms with Crippen LogP contribution < -0.4 is 4.90 Å². The molecule has 4 rings (SSSR count). The molecule has 1 unspecified atom stereocenters. The molecule has 1 aliphatic heterocycles. The second kappa shape index (κ2) is 6.80. The number of hydrogen-bond acceptors (Lipinski definition) is 5. The van der Waals surface area contributed by atoms with E-state index in [0.717, 1.165) is 31.1 Å². The largest absolute Gasteiger partial charge is 0.419 e. The zero-order valence-corrected chi connectivity index (χ0v) is 14.8. The van der Waals surface area contributed by atoms with Crippen molar-refractivity contribution in [2.24, 2.45) is 0 Å². The molecule has 0 N–H and O–H groups in total. The lowest BCUT2D eigenvalue weighted by molar-refractivity contribution is -0.138. The van der Waals surface area contributed by atoms with Gasteiger partial charge in [0.1, 0.15) is 5.65 Å². The highest BCUT2D eigenvalue weighted by Crippen LogP contribution is 2.29. The molecule has 0 bridgehead atoms. The lowest BCUT2D eigenvalue weighted by atomic mass is 10.1. The number of pyridine rings is 1. The van der Waals surface area contributed by atoms with Crippen LogP contribution in [0.5, 0.6) is 0 Å². The molecule has 3 aromatic rings. The van der Waals surface area contributed by atoms with Gasteiger partial charge in [0.25, 0.3) is 0 Å². The van der Waals surface area contributed by atoms with Crippen molar-refractivity contribution in [1.82, 2.24) is 24.3 Å². The highest BCUT2D eigenvalue weighted by atomic mass is 19.4. The first-order valence-electron chi connectivity index (χ1n) is 8.73. The quantitative estimate of drug-likeness (QED) is 0.703. The third-order valence-electron chi connectivity index (χ3n) is 5.01. The Hall–Kier alpha value is -2.68. The van der Waals surface area contributed by atoms with Crippen LogP contribution in [-0.2, 0) is 6.18 Å². The Morgan fingerprint density at radius 3 is 2.37 bits per heavy atom. The maximum Gasteiger partial charge on any atom is 0.419 e. The van der Waals surface area contributed by atoms with Crippen LogP contribution in [0.2, 0.25) is 0 Å². The summed E-state index contributed by atoms with van der Waals surface area (Å²) in [5, 5.41) is 0. The minimum absolute atomic E-state index is 0.224. The van der Waals surface area contributed by atoms with Gasteiger partial charge in [-0.05, 0) is 24.6 Å². The van der Waals surface area contributed by atoms with Crippen molar-refractivity contribution < 1.29 is 13.2 Å². The van der Waals surface area contributed by atoms with Crippen LogP contribution in [0.15, 0.2) is 43.1 Å². The smallest absolute Gasteiger partial charge is 0.338 e. The van der Waals surface area contributed by atoms with Crippen molar-refractivity contribution >= 4 is 11.6 Å². The first kappa shape index (κ1) is 17.7. The Kier molecular flexibility index (Phi) is 4.47. The molecule has 1 aliphatic rings. The first-order chi connectivity index (χ1) is 12.9. The Morgan fingerprint density at radius 2 is 1.70 bits per heavy atom. The molecule has 0 aromatic carbocycles. The molecule has 6 nitrogen and oxygen atoms in total. The van der Waals surface area contributed by atoms with Gasteiger partial charge in [-0.2, -0.15) is 13.2 Å². The number of aromatic nitrogens is 4. The Balaban J connectivity index is 1.40. The average molecular weight is 376 g/mol. The summed E-state index contributed by atoms with van der Waals surface area (Å²) in [7, 11) is 0. The highest BCUT2D eigenvalue weighted by Gasteiger charge is 2.32. The fourth-order valence-corrected chi connectivity index (χ4v) is 3.34. The van der Waals surface area contributed by atoms with E-state index in [1.165, 1.54) is 5.56 Å². The Labute approximate surface area is 154 Å². The van der Waals surface area contributed by atoms with Gasteiger partial charge in [-0.3, -0.25) is 4.90 Å². The molecule has 142 valence electrons. The summed E-state index contributed by atoms with van der Waals surface area (Å²) >= 11 is 0. The fourth-order valence-electron chi connectivity index (χ4n) is 3.34. The predicted octanol–water partition coefficient (Wildman–Crippen LogP) is 3.03. The van der Waals surface area contributed by atoms with Crippen LogP contribution in [0.3, 0.4) is 0 Å². The molecule has 3 aromatic heterocycles. The summed E-state index contributed by atoms with van der Waals surface area (Å²) in [5.41, 5.74) is 1.27. The number of hydrogen-bond donors (Lipinski definition) is 0. The third-order valence-corrected chi connectivity index (χ3v) is 5.01. The van der Waals surface area contributed by atoms with Crippen LogP contribution in [0.4, 0.5) is 19.1 Å². The molecular formula is C18H19F3N6. The number of alkyl halides is 3. The summed E-state index contributed by atoms with van der Waals surface area (Å²) in [5.74, 6) is 0.342. The van der Waals surface area contributed by atoms with Crippen LogP contribution >= 0.6 is 0 Å². The molecule has 0 saturated carbocycles. The fraction of sp³-hybridized carbons (Fsp3) is 0.389. The number of imidazole rings is 1. The minimum Gasteiger partial charge on any atom is -0.338 e. The lowest BCUT2D eigenvalue weighted by Crippen LogP contribution is -2.47. The number of rotatable bonds is 3. The normalized spacial score (nSPS) is 17.4. The first-order valence-corrected chi connectivity index (χ1v) is 8.73. The van der Waals surface area contributed by atoms with Gasteiger partial charge in [-0.15, -0.1) is 0 Å². The molecule has 9 heteroatoms. The summed E-state index contributed by atoms with van der Waals surface area (Å²) < 4.78 is 39.9. The molecule has 1 saturated heterocycles. The second-order valence-electron chi connectivity index (χ2n) is 6.62. The molecule has 0 radical (unpaired) electrons. The van der Waals surface area contributed by atoms with E-state index in [0.29, 0.717) is 19.0 Å². The zero-order chi connectivity index (χ0) is 19.0. The number of halogens is 3. The molecule has 4 heterocycles.